The van der Waals surface area contributed by atoms with Crippen LogP contribution in [0.5, 0.6) is 0 Å². The van der Waals surface area contributed by atoms with Crippen molar-refractivity contribution in [3.63, 3.8) is 0 Å². The van der Waals surface area contributed by atoms with Gasteiger partial charge in [0, 0.05) is 11.6 Å². The standard InChI is InChI=1S/C10H9N3/c11-10(12)8-5-7-3-1-2-4-9(7)13-6-8/h1-6H,(H3,11,12)/p+1. The first-order valence-electron chi connectivity index (χ1n) is 4.00. The number of fused-ring (bicyclic) bond motifs is 1. The van der Waals surface area contributed by atoms with Crippen LogP contribution in [0.25, 0.3) is 10.9 Å². The molecule has 0 saturated heterocycles. The largest absolute Gasteiger partial charge is 0.287 e. The van der Waals surface area contributed by atoms with E-state index in [1.165, 1.54) is 0 Å². The summed E-state index contributed by atoms with van der Waals surface area (Å²) in [6, 6.07) is 9.77. The van der Waals surface area contributed by atoms with Gasteiger partial charge in [0.2, 0.25) is 0 Å². The van der Waals surface area contributed by atoms with Crippen LogP contribution in [0.3, 0.4) is 0 Å². The van der Waals surface area contributed by atoms with Crippen molar-refractivity contribution in [2.24, 2.45) is 5.73 Å². The molecule has 0 fully saturated rings. The molecule has 0 radical (unpaired) electrons. The van der Waals surface area contributed by atoms with Crippen molar-refractivity contribution in [1.29, 1.82) is 0 Å². The molecule has 0 spiro atoms. The minimum atomic E-state index is 0.304. The first kappa shape index (κ1) is 7.73. The summed E-state index contributed by atoms with van der Waals surface area (Å²) in [4.78, 5) is 4.22. The summed E-state index contributed by atoms with van der Waals surface area (Å²) in [5, 5.41) is 6.51. The predicted octanol–water partition coefficient (Wildman–Crippen LogP) is -0.301. The van der Waals surface area contributed by atoms with Crippen molar-refractivity contribution in [2.45, 2.75) is 0 Å². The molecule has 3 nitrogen and oxygen atoms in total. The molecule has 0 aliphatic rings. The molecule has 0 aliphatic heterocycles. The Morgan fingerprint density at radius 1 is 1.31 bits per heavy atom. The Hall–Kier alpha value is -1.90. The maximum atomic E-state index is 5.46. The minimum absolute atomic E-state index is 0.304. The van der Waals surface area contributed by atoms with E-state index in [0.717, 1.165) is 16.5 Å². The molecule has 1 aromatic heterocycles. The fourth-order valence-corrected chi connectivity index (χ4v) is 1.23. The van der Waals surface area contributed by atoms with Gasteiger partial charge in [0.15, 0.2) is 0 Å². The zero-order chi connectivity index (χ0) is 9.26. The zero-order valence-corrected chi connectivity index (χ0v) is 7.07. The number of hydrogen-bond acceptors (Lipinski definition) is 1. The summed E-state index contributed by atoms with van der Waals surface area (Å²) >= 11 is 0. The molecular weight excluding hydrogens is 162 g/mol. The lowest BCUT2D eigenvalue weighted by atomic mass is 10.1. The molecule has 0 aliphatic carbocycles. The maximum absolute atomic E-state index is 5.46. The van der Waals surface area contributed by atoms with Crippen LogP contribution in [0.2, 0.25) is 0 Å². The Kier molecular flexibility index (Phi) is 1.70. The fourth-order valence-electron chi connectivity index (χ4n) is 1.23. The number of rotatable bonds is 1. The van der Waals surface area contributed by atoms with Crippen molar-refractivity contribution in [1.82, 2.24) is 4.98 Å². The van der Waals surface area contributed by atoms with Crippen molar-refractivity contribution < 1.29 is 5.41 Å². The van der Waals surface area contributed by atoms with Crippen LogP contribution in [-0.2, 0) is 0 Å². The highest BCUT2D eigenvalue weighted by Crippen LogP contribution is 2.11. The number of nitrogens with two attached hydrogens (primary N) is 2. The van der Waals surface area contributed by atoms with Crippen LogP contribution in [0.15, 0.2) is 36.5 Å². The lowest BCUT2D eigenvalue weighted by Gasteiger charge is -1.97. The first-order chi connectivity index (χ1) is 6.27. The molecule has 1 aromatic carbocycles. The van der Waals surface area contributed by atoms with Gasteiger partial charge in [0.05, 0.1) is 11.1 Å². The number of pyridine rings is 1. The van der Waals surface area contributed by atoms with Crippen LogP contribution < -0.4 is 11.1 Å². The molecule has 0 unspecified atom stereocenters. The van der Waals surface area contributed by atoms with Gasteiger partial charge in [0.25, 0.3) is 5.84 Å². The van der Waals surface area contributed by atoms with Crippen molar-refractivity contribution in [3.8, 4) is 0 Å². The average Bonchev–Trinajstić information content (AvgIpc) is 2.17. The molecule has 2 rings (SSSR count). The molecule has 3 heteroatoms. The Morgan fingerprint density at radius 2 is 2.08 bits per heavy atom. The van der Waals surface area contributed by atoms with E-state index < -0.39 is 0 Å². The Labute approximate surface area is 75.7 Å². The third-order valence-electron chi connectivity index (χ3n) is 1.92. The maximum Gasteiger partial charge on any atom is 0.272 e. The summed E-state index contributed by atoms with van der Waals surface area (Å²) in [5.74, 6) is 0.304. The zero-order valence-electron chi connectivity index (χ0n) is 7.07. The molecule has 2 aromatic rings. The van der Waals surface area contributed by atoms with Crippen molar-refractivity contribution in [3.05, 3.63) is 42.1 Å². The summed E-state index contributed by atoms with van der Waals surface area (Å²) in [6.07, 6.45) is 1.68. The number of benzene rings is 1. The highest BCUT2D eigenvalue weighted by atomic mass is 14.7. The van der Waals surface area contributed by atoms with Crippen LogP contribution in [-0.4, -0.2) is 10.8 Å². The number of nitrogens with zero attached hydrogens (tertiary/aromatic N) is 1. The molecule has 0 saturated carbocycles. The molecule has 64 valence electrons. The SMILES string of the molecule is NC(=[NH2+])c1cnc2ccccc2c1. The molecule has 1 heterocycles. The molecule has 0 bridgehead atoms. The smallest absolute Gasteiger partial charge is 0.272 e. The van der Waals surface area contributed by atoms with Crippen LogP contribution in [0, 0.1) is 0 Å². The lowest BCUT2D eigenvalue weighted by molar-refractivity contribution is -0.114. The van der Waals surface area contributed by atoms with Crippen LogP contribution >= 0.6 is 0 Å². The van der Waals surface area contributed by atoms with Crippen molar-refractivity contribution in [2.75, 3.05) is 0 Å². The number of aromatic nitrogens is 1. The minimum Gasteiger partial charge on any atom is -0.287 e. The Balaban J connectivity index is 2.69. The quantitative estimate of drug-likeness (QED) is 0.458. The number of amidine groups is 1. The third-order valence-corrected chi connectivity index (χ3v) is 1.92. The van der Waals surface area contributed by atoms with Crippen LogP contribution in [0.1, 0.15) is 5.56 Å². The van der Waals surface area contributed by atoms with Gasteiger partial charge >= 0.3 is 0 Å². The van der Waals surface area contributed by atoms with Gasteiger partial charge in [-0.2, -0.15) is 0 Å². The van der Waals surface area contributed by atoms with Gasteiger partial charge in [-0.1, -0.05) is 18.2 Å². The van der Waals surface area contributed by atoms with E-state index in [-0.39, 0.29) is 0 Å². The van der Waals surface area contributed by atoms with Gasteiger partial charge in [-0.25, -0.2) is 0 Å². The Morgan fingerprint density at radius 3 is 2.85 bits per heavy atom. The monoisotopic (exact) mass is 172 g/mol. The summed E-state index contributed by atoms with van der Waals surface area (Å²) in [5.41, 5.74) is 7.19. The summed E-state index contributed by atoms with van der Waals surface area (Å²) in [6.45, 7) is 0. The van der Waals surface area contributed by atoms with E-state index >= 15 is 0 Å². The highest BCUT2D eigenvalue weighted by Gasteiger charge is 2.02. The highest BCUT2D eigenvalue weighted by molar-refractivity contribution is 5.95. The molecular formula is C10H10N3+. The topological polar surface area (TPSA) is 64.5 Å². The van der Waals surface area contributed by atoms with Gasteiger partial charge in [-0.05, 0) is 12.1 Å². The molecule has 13 heavy (non-hydrogen) atoms. The molecule has 0 amide bonds. The van der Waals surface area contributed by atoms with Gasteiger partial charge in [0.1, 0.15) is 0 Å². The van der Waals surface area contributed by atoms with E-state index in [1.807, 2.05) is 30.3 Å². The fraction of sp³-hybridized carbons (Fsp3) is 0. The molecule has 4 N–H and O–H groups in total. The number of para-hydroxylation sites is 1. The van der Waals surface area contributed by atoms with Crippen LogP contribution in [0.4, 0.5) is 0 Å². The first-order valence-corrected chi connectivity index (χ1v) is 4.00. The van der Waals surface area contributed by atoms with E-state index in [0.29, 0.717) is 5.84 Å². The van der Waals surface area contributed by atoms with Gasteiger partial charge in [-0.3, -0.25) is 16.1 Å². The molecule has 0 atom stereocenters. The van der Waals surface area contributed by atoms with Crippen molar-refractivity contribution >= 4 is 16.7 Å². The number of hydrogen-bond donors (Lipinski definition) is 2. The third kappa shape index (κ3) is 1.36. The lowest BCUT2D eigenvalue weighted by Crippen LogP contribution is -2.46. The Bertz CT molecular complexity index is 462. The second-order valence-electron chi connectivity index (χ2n) is 2.87. The van der Waals surface area contributed by atoms with E-state index in [2.05, 4.69) is 4.98 Å². The van der Waals surface area contributed by atoms with Gasteiger partial charge < -0.3 is 0 Å². The second kappa shape index (κ2) is 2.86. The van der Waals surface area contributed by atoms with E-state index in [4.69, 9.17) is 11.1 Å². The normalized spacial score (nSPS) is 10.2. The average molecular weight is 172 g/mol. The van der Waals surface area contributed by atoms with E-state index in [1.54, 1.807) is 6.20 Å². The summed E-state index contributed by atoms with van der Waals surface area (Å²) < 4.78 is 0. The second-order valence-corrected chi connectivity index (χ2v) is 2.87. The van der Waals surface area contributed by atoms with Gasteiger partial charge in [-0.15, -0.1) is 0 Å². The summed E-state index contributed by atoms with van der Waals surface area (Å²) in [7, 11) is 0. The van der Waals surface area contributed by atoms with E-state index in [9.17, 15) is 0 Å². The predicted molar refractivity (Wildman–Crippen MR) is 52.0 cm³/mol.